The van der Waals surface area contributed by atoms with Gasteiger partial charge in [0.25, 0.3) is 0 Å². The molecule has 2 N–H and O–H groups in total. The molecule has 0 radical (unpaired) electrons. The third-order valence-electron chi connectivity index (χ3n) is 2.87. The van der Waals surface area contributed by atoms with Gasteiger partial charge in [-0.1, -0.05) is 0 Å². The molecule has 0 amide bonds. The Morgan fingerprint density at radius 1 is 1.29 bits per heavy atom. The molecule has 0 unspecified atom stereocenters. The summed E-state index contributed by atoms with van der Waals surface area (Å²) in [5.41, 5.74) is 0.720. The molecular weight excluding hydrogens is 181 g/mol. The number of nitrogens with one attached hydrogen (secondary N) is 1. The lowest BCUT2D eigenvalue weighted by atomic mass is 9.77. The van der Waals surface area contributed by atoms with Crippen LogP contribution >= 0.6 is 0 Å². The molecule has 0 atom stereocenters. The second-order valence-electron chi connectivity index (χ2n) is 3.92. The summed E-state index contributed by atoms with van der Waals surface area (Å²) >= 11 is 0. The van der Waals surface area contributed by atoms with Gasteiger partial charge in [0.05, 0.1) is 12.1 Å². The molecule has 1 aromatic rings. The van der Waals surface area contributed by atoms with E-state index in [0.29, 0.717) is 0 Å². The highest BCUT2D eigenvalue weighted by molar-refractivity contribution is 5.46. The normalized spacial score (nSPS) is 18.7. The highest BCUT2D eigenvalue weighted by Crippen LogP contribution is 2.34. The molecule has 2 nitrogen and oxygen atoms in total. The summed E-state index contributed by atoms with van der Waals surface area (Å²) in [6, 6.07) is 6.24. The monoisotopic (exact) mass is 195 g/mol. The summed E-state index contributed by atoms with van der Waals surface area (Å²) in [7, 11) is 0. The van der Waals surface area contributed by atoms with Gasteiger partial charge in [-0.3, -0.25) is 0 Å². The molecule has 3 heteroatoms. The van der Waals surface area contributed by atoms with E-state index in [1.54, 1.807) is 12.1 Å². The summed E-state index contributed by atoms with van der Waals surface area (Å²) in [5, 5.41) is 12.5. The van der Waals surface area contributed by atoms with Gasteiger partial charge in [0.2, 0.25) is 0 Å². The minimum Gasteiger partial charge on any atom is -0.394 e. The minimum atomic E-state index is -0.234. The lowest BCUT2D eigenvalue weighted by Crippen LogP contribution is -2.48. The van der Waals surface area contributed by atoms with E-state index in [4.69, 9.17) is 0 Å². The average Bonchev–Trinajstić information content (AvgIpc) is 2.15. The summed E-state index contributed by atoms with van der Waals surface area (Å²) in [5.74, 6) is -0.234. The van der Waals surface area contributed by atoms with Gasteiger partial charge >= 0.3 is 0 Å². The van der Waals surface area contributed by atoms with Gasteiger partial charge in [0.15, 0.2) is 0 Å². The molecule has 1 aromatic carbocycles. The number of aliphatic hydroxyl groups is 1. The molecular formula is C11H14FNO. The van der Waals surface area contributed by atoms with Crippen LogP contribution in [0.1, 0.15) is 19.3 Å². The van der Waals surface area contributed by atoms with Crippen molar-refractivity contribution in [2.75, 3.05) is 11.9 Å². The molecule has 2 rings (SSSR count). The number of hydrogen-bond acceptors (Lipinski definition) is 2. The first-order chi connectivity index (χ1) is 6.74. The van der Waals surface area contributed by atoms with Crippen molar-refractivity contribution in [2.45, 2.75) is 24.8 Å². The zero-order valence-electron chi connectivity index (χ0n) is 7.96. The van der Waals surface area contributed by atoms with E-state index >= 15 is 0 Å². The molecule has 1 fully saturated rings. The fourth-order valence-electron chi connectivity index (χ4n) is 1.77. The molecule has 0 aliphatic heterocycles. The standard InChI is InChI=1S/C11H14FNO/c12-9-2-4-10(5-3-9)13-11(8-14)6-1-7-11/h2-5,13-14H,1,6-8H2. The van der Waals surface area contributed by atoms with Gasteiger partial charge < -0.3 is 10.4 Å². The van der Waals surface area contributed by atoms with Crippen molar-refractivity contribution in [1.29, 1.82) is 0 Å². The van der Waals surface area contributed by atoms with Gasteiger partial charge in [-0.15, -0.1) is 0 Å². The Morgan fingerprint density at radius 3 is 2.36 bits per heavy atom. The molecule has 0 bridgehead atoms. The number of benzene rings is 1. The Morgan fingerprint density at radius 2 is 1.93 bits per heavy atom. The predicted octanol–water partition coefficient (Wildman–Crippen LogP) is 2.15. The number of aliphatic hydroxyl groups excluding tert-OH is 1. The van der Waals surface area contributed by atoms with Crippen LogP contribution < -0.4 is 5.32 Å². The number of anilines is 1. The first kappa shape index (κ1) is 9.46. The molecule has 0 heterocycles. The lowest BCUT2D eigenvalue weighted by molar-refractivity contribution is 0.144. The summed E-state index contributed by atoms with van der Waals surface area (Å²) in [6.07, 6.45) is 3.12. The van der Waals surface area contributed by atoms with Crippen LogP contribution in [0.2, 0.25) is 0 Å². The number of rotatable bonds is 3. The maximum atomic E-state index is 12.6. The Hall–Kier alpha value is -1.09. The molecule has 1 saturated carbocycles. The van der Waals surface area contributed by atoms with Crippen LogP contribution in [-0.2, 0) is 0 Å². The van der Waals surface area contributed by atoms with Gasteiger partial charge in [0, 0.05) is 5.69 Å². The third-order valence-corrected chi connectivity index (χ3v) is 2.87. The second-order valence-corrected chi connectivity index (χ2v) is 3.92. The van der Waals surface area contributed by atoms with Crippen molar-refractivity contribution in [3.63, 3.8) is 0 Å². The van der Waals surface area contributed by atoms with Crippen molar-refractivity contribution in [1.82, 2.24) is 0 Å². The first-order valence-corrected chi connectivity index (χ1v) is 4.89. The Bertz CT molecular complexity index is 300. The maximum Gasteiger partial charge on any atom is 0.123 e. The van der Waals surface area contributed by atoms with E-state index in [1.807, 2.05) is 0 Å². The minimum absolute atomic E-state index is 0.143. The first-order valence-electron chi connectivity index (χ1n) is 4.89. The quantitative estimate of drug-likeness (QED) is 0.774. The van der Waals surface area contributed by atoms with E-state index in [1.165, 1.54) is 12.1 Å². The zero-order chi connectivity index (χ0) is 10.0. The maximum absolute atomic E-state index is 12.6. The van der Waals surface area contributed by atoms with Crippen molar-refractivity contribution in [3.05, 3.63) is 30.1 Å². The van der Waals surface area contributed by atoms with E-state index < -0.39 is 0 Å². The fourth-order valence-corrected chi connectivity index (χ4v) is 1.77. The molecule has 14 heavy (non-hydrogen) atoms. The highest BCUT2D eigenvalue weighted by Gasteiger charge is 2.35. The average molecular weight is 195 g/mol. The molecule has 0 aromatic heterocycles. The van der Waals surface area contributed by atoms with Crippen molar-refractivity contribution >= 4 is 5.69 Å². The largest absolute Gasteiger partial charge is 0.394 e. The summed E-state index contributed by atoms with van der Waals surface area (Å²) in [4.78, 5) is 0. The van der Waals surface area contributed by atoms with Crippen molar-refractivity contribution in [2.24, 2.45) is 0 Å². The van der Waals surface area contributed by atoms with Crippen molar-refractivity contribution < 1.29 is 9.50 Å². The van der Waals surface area contributed by atoms with Gasteiger partial charge in [-0.2, -0.15) is 0 Å². The molecule has 1 aliphatic rings. The smallest absolute Gasteiger partial charge is 0.123 e. The van der Waals surface area contributed by atoms with E-state index in [0.717, 1.165) is 24.9 Å². The number of hydrogen-bond donors (Lipinski definition) is 2. The van der Waals surface area contributed by atoms with Crippen LogP contribution in [0.4, 0.5) is 10.1 Å². The van der Waals surface area contributed by atoms with Gasteiger partial charge in [-0.25, -0.2) is 4.39 Å². The van der Waals surface area contributed by atoms with Crippen LogP contribution in [0.5, 0.6) is 0 Å². The SMILES string of the molecule is OCC1(Nc2ccc(F)cc2)CCC1. The second kappa shape index (κ2) is 3.58. The van der Waals surface area contributed by atoms with Crippen LogP contribution in [0.15, 0.2) is 24.3 Å². The van der Waals surface area contributed by atoms with Crippen LogP contribution in [0.25, 0.3) is 0 Å². The Labute approximate surface area is 82.8 Å². The van der Waals surface area contributed by atoms with Crippen LogP contribution in [0, 0.1) is 5.82 Å². The Balaban J connectivity index is 2.06. The number of halogens is 1. The van der Waals surface area contributed by atoms with Crippen LogP contribution in [-0.4, -0.2) is 17.3 Å². The predicted molar refractivity (Wildman–Crippen MR) is 53.7 cm³/mol. The lowest BCUT2D eigenvalue weighted by Gasteiger charge is -2.41. The van der Waals surface area contributed by atoms with E-state index in [-0.39, 0.29) is 18.0 Å². The van der Waals surface area contributed by atoms with Crippen molar-refractivity contribution in [3.8, 4) is 0 Å². The van der Waals surface area contributed by atoms with E-state index in [2.05, 4.69) is 5.32 Å². The molecule has 1 aliphatic carbocycles. The molecule has 0 spiro atoms. The van der Waals surface area contributed by atoms with Crippen LogP contribution in [0.3, 0.4) is 0 Å². The topological polar surface area (TPSA) is 32.3 Å². The Kier molecular flexibility index (Phi) is 2.42. The van der Waals surface area contributed by atoms with Gasteiger partial charge in [-0.05, 0) is 43.5 Å². The summed E-state index contributed by atoms with van der Waals surface area (Å²) in [6.45, 7) is 0.143. The zero-order valence-corrected chi connectivity index (χ0v) is 7.96. The fraction of sp³-hybridized carbons (Fsp3) is 0.455. The third kappa shape index (κ3) is 1.73. The van der Waals surface area contributed by atoms with E-state index in [9.17, 15) is 9.50 Å². The van der Waals surface area contributed by atoms with Gasteiger partial charge in [0.1, 0.15) is 5.82 Å². The summed E-state index contributed by atoms with van der Waals surface area (Å²) < 4.78 is 12.6. The highest BCUT2D eigenvalue weighted by atomic mass is 19.1. The molecule has 0 saturated heterocycles. The molecule has 76 valence electrons.